The van der Waals surface area contributed by atoms with Crippen molar-refractivity contribution in [3.05, 3.63) is 160 Å². The Balaban J connectivity index is 1.27. The molecule has 0 saturated heterocycles. The molecule has 5 aromatic carbocycles. The van der Waals surface area contributed by atoms with E-state index in [-0.39, 0.29) is 37.1 Å². The van der Waals surface area contributed by atoms with Crippen molar-refractivity contribution in [3.8, 4) is 40.9 Å². The summed E-state index contributed by atoms with van der Waals surface area (Å²) in [5.41, 5.74) is 5.82. The number of hydrogen-bond donors (Lipinski definition) is 1. The first kappa shape index (κ1) is 34.3. The summed E-state index contributed by atoms with van der Waals surface area (Å²) in [6.45, 7) is 0.381. The van der Waals surface area contributed by atoms with E-state index in [1.807, 2.05) is 84.9 Å². The molecule has 0 aliphatic heterocycles. The molecule has 2 unspecified atom stereocenters. The van der Waals surface area contributed by atoms with Crippen LogP contribution in [0.3, 0.4) is 0 Å². The minimum Gasteiger partial charge on any atom is -0.508 e. The Labute approximate surface area is 287 Å². The average Bonchev–Trinajstić information content (AvgIpc) is 3.16. The number of benzene rings is 5. The second kappa shape index (κ2) is 17.2. The van der Waals surface area contributed by atoms with Crippen molar-refractivity contribution in [2.24, 2.45) is 0 Å². The number of esters is 1. The second-order valence-electron chi connectivity index (χ2n) is 10.8. The number of ether oxygens (including phenoxy) is 5. The molecule has 5 rings (SSSR count). The second-order valence-corrected chi connectivity index (χ2v) is 10.8. The third-order valence-corrected chi connectivity index (χ3v) is 7.66. The molecule has 0 aromatic heterocycles. The highest BCUT2D eigenvalue weighted by molar-refractivity contribution is 5.89. The van der Waals surface area contributed by atoms with E-state index < -0.39 is 0 Å². The van der Waals surface area contributed by atoms with Gasteiger partial charge < -0.3 is 28.8 Å². The third-order valence-electron chi connectivity index (χ3n) is 7.66. The zero-order valence-electron chi connectivity index (χ0n) is 27.5. The molecular weight excluding hydrogens is 616 g/mol. The Morgan fingerprint density at radius 1 is 0.551 bits per heavy atom. The third kappa shape index (κ3) is 9.53. The van der Waals surface area contributed by atoms with Crippen LogP contribution >= 0.6 is 0 Å². The van der Waals surface area contributed by atoms with E-state index in [9.17, 15) is 9.90 Å². The van der Waals surface area contributed by atoms with Gasteiger partial charge in [0.15, 0.2) is 0 Å². The minimum absolute atomic E-state index is 0.185. The van der Waals surface area contributed by atoms with Gasteiger partial charge in [-0.2, -0.15) is 0 Å². The number of phenolic OH excluding ortho intramolecular Hbond substituents is 1. The Kier molecular flexibility index (Phi) is 12.1. The Bertz CT molecular complexity index is 1920. The number of carbonyl (C=O) groups is 1. The van der Waals surface area contributed by atoms with Gasteiger partial charge in [-0.25, -0.2) is 4.79 Å². The Morgan fingerprint density at radius 2 is 0.918 bits per heavy atom. The molecule has 0 radical (unpaired) electrons. The summed E-state index contributed by atoms with van der Waals surface area (Å²) >= 11 is 0. The van der Waals surface area contributed by atoms with Crippen molar-refractivity contribution >= 4 is 5.97 Å². The quantitative estimate of drug-likeness (QED) is 0.117. The molecule has 0 amide bonds. The fourth-order valence-electron chi connectivity index (χ4n) is 5.05. The van der Waals surface area contributed by atoms with Crippen LogP contribution in [0.25, 0.3) is 0 Å². The van der Waals surface area contributed by atoms with Gasteiger partial charge in [-0.05, 0) is 95.1 Å². The van der Waals surface area contributed by atoms with E-state index in [1.165, 1.54) is 7.11 Å². The van der Waals surface area contributed by atoms with Crippen molar-refractivity contribution in [2.75, 3.05) is 34.5 Å². The molecule has 5 aromatic rings. The van der Waals surface area contributed by atoms with Crippen LogP contribution in [0.4, 0.5) is 0 Å². The van der Waals surface area contributed by atoms with Gasteiger partial charge in [-0.15, -0.1) is 0 Å². The summed E-state index contributed by atoms with van der Waals surface area (Å²) in [6, 6.07) is 37.2. The van der Waals surface area contributed by atoms with Crippen molar-refractivity contribution in [1.29, 1.82) is 0 Å². The van der Waals surface area contributed by atoms with Crippen LogP contribution in [-0.4, -0.2) is 45.6 Å². The summed E-state index contributed by atoms with van der Waals surface area (Å²) in [4.78, 5) is 11.7. The molecule has 1 N–H and O–H groups in total. The summed E-state index contributed by atoms with van der Waals surface area (Å²) < 4.78 is 27.9. The lowest BCUT2D eigenvalue weighted by molar-refractivity contribution is 0.0600. The highest BCUT2D eigenvalue weighted by Gasteiger charge is 2.16. The Morgan fingerprint density at radius 3 is 1.31 bits per heavy atom. The maximum atomic E-state index is 11.7. The van der Waals surface area contributed by atoms with Gasteiger partial charge >= 0.3 is 5.97 Å². The zero-order valence-corrected chi connectivity index (χ0v) is 27.5. The molecule has 7 nitrogen and oxygen atoms in total. The Hall–Kier alpha value is -5.99. The van der Waals surface area contributed by atoms with E-state index in [0.717, 1.165) is 44.9 Å². The smallest absolute Gasteiger partial charge is 0.337 e. The number of methoxy groups -OCH3 is 3. The average molecular weight is 653 g/mol. The molecule has 0 heterocycles. The summed E-state index contributed by atoms with van der Waals surface area (Å²) in [5, 5.41) is 9.77. The SMILES string of the molecule is COC(=O)c1ccc(C#CCOC(c2ccc(C#CCOC(c3ccc(O)cc3)c3ccc(OC)cc3)cc2)c2ccc(OC)cc2)cc1. The molecular formula is C42H36O7. The first-order valence-electron chi connectivity index (χ1n) is 15.5. The number of carbonyl (C=O) groups excluding carboxylic acids is 1. The fraction of sp³-hybridized carbons (Fsp3) is 0.167. The van der Waals surface area contributed by atoms with Crippen LogP contribution in [0.15, 0.2) is 121 Å². The summed E-state index contributed by atoms with van der Waals surface area (Å²) in [6.07, 6.45) is -0.740. The van der Waals surface area contributed by atoms with E-state index >= 15 is 0 Å². The molecule has 0 aliphatic rings. The highest BCUT2D eigenvalue weighted by Crippen LogP contribution is 2.30. The molecule has 0 bridgehead atoms. The van der Waals surface area contributed by atoms with Gasteiger partial charge in [0.1, 0.15) is 42.7 Å². The molecule has 0 spiro atoms. The van der Waals surface area contributed by atoms with Gasteiger partial charge in [-0.1, -0.05) is 72.2 Å². The topological polar surface area (TPSA) is 83.5 Å². The van der Waals surface area contributed by atoms with E-state index in [2.05, 4.69) is 23.7 Å². The van der Waals surface area contributed by atoms with E-state index in [1.54, 1.807) is 50.6 Å². The van der Waals surface area contributed by atoms with Crippen LogP contribution in [-0.2, 0) is 14.2 Å². The number of rotatable bonds is 11. The van der Waals surface area contributed by atoms with Crippen LogP contribution in [0.2, 0.25) is 0 Å². The van der Waals surface area contributed by atoms with Crippen molar-refractivity contribution < 1.29 is 33.6 Å². The van der Waals surface area contributed by atoms with Crippen LogP contribution < -0.4 is 9.47 Å². The standard InChI is InChI=1S/C42H36O7/c1-45-38-24-18-34(19-25-38)40(48-28-5-7-31-10-14-36(15-11-31)42(44)47-3)32-12-8-30(9-13-32)6-4-29-49-41(33-16-22-37(43)23-17-33)35-20-26-39(46-2)27-21-35/h8-27,40-41,43H,28-29H2,1-3H3. The van der Waals surface area contributed by atoms with Crippen LogP contribution in [0.5, 0.6) is 17.2 Å². The molecule has 0 saturated carbocycles. The predicted molar refractivity (Wildman–Crippen MR) is 188 cm³/mol. The van der Waals surface area contributed by atoms with Crippen molar-refractivity contribution in [3.63, 3.8) is 0 Å². The van der Waals surface area contributed by atoms with Crippen molar-refractivity contribution in [1.82, 2.24) is 0 Å². The lowest BCUT2D eigenvalue weighted by Crippen LogP contribution is -2.07. The number of hydrogen-bond acceptors (Lipinski definition) is 7. The maximum absolute atomic E-state index is 11.7. The lowest BCUT2D eigenvalue weighted by Gasteiger charge is -2.18. The highest BCUT2D eigenvalue weighted by atomic mass is 16.5. The molecule has 7 heteroatoms. The minimum atomic E-state index is -0.389. The van der Waals surface area contributed by atoms with E-state index in [0.29, 0.717) is 5.56 Å². The van der Waals surface area contributed by atoms with Crippen LogP contribution in [0, 0.1) is 23.7 Å². The normalized spacial score (nSPS) is 11.6. The lowest BCUT2D eigenvalue weighted by atomic mass is 10.00. The van der Waals surface area contributed by atoms with Gasteiger partial charge in [-0.3, -0.25) is 0 Å². The maximum Gasteiger partial charge on any atom is 0.337 e. The number of phenols is 1. The van der Waals surface area contributed by atoms with Gasteiger partial charge in [0, 0.05) is 11.1 Å². The van der Waals surface area contributed by atoms with E-state index in [4.69, 9.17) is 23.7 Å². The predicted octanol–water partition coefficient (Wildman–Crippen LogP) is 7.51. The molecule has 0 fully saturated rings. The molecule has 246 valence electrons. The monoisotopic (exact) mass is 652 g/mol. The molecule has 0 aliphatic carbocycles. The van der Waals surface area contributed by atoms with Gasteiger partial charge in [0.05, 0.1) is 26.9 Å². The number of aromatic hydroxyl groups is 1. The van der Waals surface area contributed by atoms with Crippen molar-refractivity contribution in [2.45, 2.75) is 12.2 Å². The first-order chi connectivity index (χ1) is 24.0. The molecule has 49 heavy (non-hydrogen) atoms. The largest absolute Gasteiger partial charge is 0.508 e. The van der Waals surface area contributed by atoms with Gasteiger partial charge in [0.25, 0.3) is 0 Å². The van der Waals surface area contributed by atoms with Crippen LogP contribution in [0.1, 0.15) is 55.9 Å². The first-order valence-corrected chi connectivity index (χ1v) is 15.5. The van der Waals surface area contributed by atoms with Gasteiger partial charge in [0.2, 0.25) is 0 Å². The zero-order chi connectivity index (χ0) is 34.4. The summed E-state index contributed by atoms with van der Waals surface area (Å²) in [7, 11) is 4.61. The fourth-order valence-corrected chi connectivity index (χ4v) is 5.05. The molecule has 2 atom stereocenters. The summed E-state index contributed by atoms with van der Waals surface area (Å²) in [5.74, 6) is 13.8.